The van der Waals surface area contributed by atoms with Crippen molar-refractivity contribution in [2.45, 2.75) is 33.3 Å². The Hall–Kier alpha value is -1.95. The van der Waals surface area contributed by atoms with Gasteiger partial charge in [0.1, 0.15) is 17.6 Å². The Morgan fingerprint density at radius 3 is 2.65 bits per heavy atom. The quantitative estimate of drug-likeness (QED) is 0.540. The number of nitrogens with zero attached hydrogens (tertiary/aromatic N) is 2. The molecule has 1 aliphatic rings. The van der Waals surface area contributed by atoms with E-state index in [0.29, 0.717) is 12.5 Å². The van der Waals surface area contributed by atoms with E-state index in [1.807, 2.05) is 38.1 Å². The van der Waals surface area contributed by atoms with Crippen molar-refractivity contribution in [2.24, 2.45) is 10.9 Å². The van der Waals surface area contributed by atoms with E-state index in [4.69, 9.17) is 19.2 Å². The summed E-state index contributed by atoms with van der Waals surface area (Å²) in [7, 11) is 1.66. The lowest BCUT2D eigenvalue weighted by Crippen LogP contribution is -2.41. The van der Waals surface area contributed by atoms with Crippen LogP contribution < -0.4 is 14.8 Å². The van der Waals surface area contributed by atoms with Gasteiger partial charge >= 0.3 is 0 Å². The number of nitrogens with one attached hydrogen (secondary N) is 1. The Morgan fingerprint density at radius 1 is 1.27 bits per heavy atom. The minimum atomic E-state index is -0.00104. The molecule has 2 atom stereocenters. The van der Waals surface area contributed by atoms with Crippen LogP contribution in [-0.2, 0) is 4.74 Å². The Morgan fingerprint density at radius 2 is 2.00 bits per heavy atom. The number of hydrogen-bond acceptors (Lipinski definition) is 4. The normalized spacial score (nSPS) is 18.7. The molecule has 0 radical (unpaired) electrons. The van der Waals surface area contributed by atoms with Gasteiger partial charge in [0.2, 0.25) is 0 Å². The van der Waals surface area contributed by atoms with Crippen molar-refractivity contribution in [2.75, 3.05) is 46.5 Å². The van der Waals surface area contributed by atoms with Crippen LogP contribution in [0.1, 0.15) is 27.2 Å². The lowest BCUT2D eigenvalue weighted by molar-refractivity contribution is 0.114. The van der Waals surface area contributed by atoms with E-state index in [-0.39, 0.29) is 6.10 Å². The molecular weight excluding hydrogens is 330 g/mol. The molecule has 1 saturated heterocycles. The van der Waals surface area contributed by atoms with Crippen molar-refractivity contribution in [3.8, 4) is 11.5 Å². The van der Waals surface area contributed by atoms with Gasteiger partial charge < -0.3 is 24.4 Å². The Bertz CT molecular complexity index is 548. The van der Waals surface area contributed by atoms with E-state index < -0.39 is 0 Å². The summed E-state index contributed by atoms with van der Waals surface area (Å²) >= 11 is 0. The molecule has 0 spiro atoms. The fraction of sp³-hybridized carbons (Fsp3) is 0.650. The van der Waals surface area contributed by atoms with E-state index >= 15 is 0 Å². The van der Waals surface area contributed by atoms with Gasteiger partial charge in [-0.3, -0.25) is 0 Å². The Balaban J connectivity index is 1.87. The highest BCUT2D eigenvalue weighted by Crippen LogP contribution is 2.19. The van der Waals surface area contributed by atoms with Crippen LogP contribution in [0.5, 0.6) is 11.5 Å². The first kappa shape index (κ1) is 20.4. The smallest absolute Gasteiger partial charge is 0.194 e. The monoisotopic (exact) mass is 363 g/mol. The molecule has 1 aliphatic heterocycles. The first-order valence-electron chi connectivity index (χ1n) is 9.57. The van der Waals surface area contributed by atoms with Gasteiger partial charge in [-0.1, -0.05) is 0 Å². The SMILES string of the molecule is CCNC(=NCC(C)Oc1ccc(OC)cc1)N1CCC(COCC)C1. The predicted octanol–water partition coefficient (Wildman–Crippen LogP) is 2.79. The van der Waals surface area contributed by atoms with Crippen molar-refractivity contribution in [3.05, 3.63) is 24.3 Å². The van der Waals surface area contributed by atoms with Crippen molar-refractivity contribution in [1.29, 1.82) is 0 Å². The van der Waals surface area contributed by atoms with Crippen molar-refractivity contribution in [1.82, 2.24) is 10.2 Å². The molecule has 0 bridgehead atoms. The third-order valence-corrected chi connectivity index (χ3v) is 4.37. The van der Waals surface area contributed by atoms with Crippen LogP contribution in [0.3, 0.4) is 0 Å². The second kappa shape index (κ2) is 10.9. The number of ether oxygens (including phenoxy) is 3. The van der Waals surface area contributed by atoms with Crippen LogP contribution in [0.4, 0.5) is 0 Å². The number of guanidine groups is 1. The molecule has 1 heterocycles. The Labute approximate surface area is 157 Å². The lowest BCUT2D eigenvalue weighted by Gasteiger charge is -2.22. The van der Waals surface area contributed by atoms with Crippen LogP contribution in [0.25, 0.3) is 0 Å². The van der Waals surface area contributed by atoms with Crippen molar-refractivity contribution >= 4 is 5.96 Å². The number of methoxy groups -OCH3 is 1. The first-order valence-corrected chi connectivity index (χ1v) is 9.57. The van der Waals surface area contributed by atoms with E-state index in [2.05, 4.69) is 17.1 Å². The third-order valence-electron chi connectivity index (χ3n) is 4.37. The summed E-state index contributed by atoms with van der Waals surface area (Å²) in [6, 6.07) is 7.64. The molecule has 1 aromatic rings. The van der Waals surface area contributed by atoms with Gasteiger partial charge in [-0.25, -0.2) is 4.99 Å². The highest BCUT2D eigenvalue weighted by Gasteiger charge is 2.25. The zero-order valence-corrected chi connectivity index (χ0v) is 16.5. The van der Waals surface area contributed by atoms with Crippen LogP contribution >= 0.6 is 0 Å². The molecule has 0 saturated carbocycles. The fourth-order valence-corrected chi connectivity index (χ4v) is 3.01. The summed E-state index contributed by atoms with van der Waals surface area (Å²) in [5.74, 6) is 3.22. The summed E-state index contributed by atoms with van der Waals surface area (Å²) in [6.07, 6.45) is 1.15. The van der Waals surface area contributed by atoms with Gasteiger partial charge in [0.15, 0.2) is 5.96 Å². The predicted molar refractivity (Wildman–Crippen MR) is 105 cm³/mol. The topological polar surface area (TPSA) is 55.3 Å². The largest absolute Gasteiger partial charge is 0.497 e. The van der Waals surface area contributed by atoms with Gasteiger partial charge in [0, 0.05) is 32.2 Å². The second-order valence-corrected chi connectivity index (χ2v) is 6.56. The molecule has 0 aliphatic carbocycles. The molecular formula is C20H33N3O3. The number of benzene rings is 1. The van der Waals surface area contributed by atoms with Crippen LogP contribution in [0, 0.1) is 5.92 Å². The van der Waals surface area contributed by atoms with E-state index in [9.17, 15) is 0 Å². The average Bonchev–Trinajstić information content (AvgIpc) is 3.13. The second-order valence-electron chi connectivity index (χ2n) is 6.56. The summed E-state index contributed by atoms with van der Waals surface area (Å²) in [5, 5.41) is 3.40. The summed E-state index contributed by atoms with van der Waals surface area (Å²) in [6.45, 7) is 11.3. The highest BCUT2D eigenvalue weighted by atomic mass is 16.5. The van der Waals surface area contributed by atoms with Gasteiger partial charge in [-0.2, -0.15) is 0 Å². The molecule has 26 heavy (non-hydrogen) atoms. The standard InChI is InChI=1S/C20H33N3O3/c1-5-21-20(23-12-11-17(14-23)15-25-6-2)22-13-16(3)26-19-9-7-18(24-4)8-10-19/h7-10,16-17H,5-6,11-15H2,1-4H3,(H,21,22). The number of aliphatic imine (C=N–C) groups is 1. The van der Waals surface area contributed by atoms with Gasteiger partial charge in [-0.15, -0.1) is 0 Å². The average molecular weight is 364 g/mol. The molecule has 6 heteroatoms. The first-order chi connectivity index (χ1) is 12.7. The maximum Gasteiger partial charge on any atom is 0.194 e. The van der Waals surface area contributed by atoms with Gasteiger partial charge in [0.05, 0.1) is 20.3 Å². The van der Waals surface area contributed by atoms with E-state index in [1.54, 1.807) is 7.11 Å². The minimum absolute atomic E-state index is 0.00104. The number of hydrogen-bond donors (Lipinski definition) is 1. The molecule has 1 aromatic carbocycles. The van der Waals surface area contributed by atoms with Gasteiger partial charge in [0.25, 0.3) is 0 Å². The molecule has 2 unspecified atom stereocenters. The third kappa shape index (κ3) is 6.41. The molecule has 1 N–H and O–H groups in total. The maximum atomic E-state index is 5.95. The molecule has 1 fully saturated rings. The molecule has 2 rings (SSSR count). The van der Waals surface area contributed by atoms with Gasteiger partial charge in [-0.05, 0) is 51.5 Å². The fourth-order valence-electron chi connectivity index (χ4n) is 3.01. The summed E-state index contributed by atoms with van der Waals surface area (Å²) in [4.78, 5) is 7.11. The molecule has 6 nitrogen and oxygen atoms in total. The maximum absolute atomic E-state index is 5.95. The van der Waals surface area contributed by atoms with Crippen molar-refractivity contribution in [3.63, 3.8) is 0 Å². The highest BCUT2D eigenvalue weighted by molar-refractivity contribution is 5.80. The summed E-state index contributed by atoms with van der Waals surface area (Å²) in [5.41, 5.74) is 0. The summed E-state index contributed by atoms with van der Waals surface area (Å²) < 4.78 is 16.7. The number of rotatable bonds is 9. The number of likely N-dealkylation sites (tertiary alicyclic amines) is 1. The minimum Gasteiger partial charge on any atom is -0.497 e. The molecule has 0 amide bonds. The van der Waals surface area contributed by atoms with Crippen molar-refractivity contribution < 1.29 is 14.2 Å². The van der Waals surface area contributed by atoms with Crippen LogP contribution in [0.15, 0.2) is 29.3 Å². The molecule has 0 aromatic heterocycles. The molecule has 146 valence electrons. The zero-order valence-electron chi connectivity index (χ0n) is 16.5. The van der Waals surface area contributed by atoms with E-state index in [0.717, 1.165) is 56.7 Å². The zero-order chi connectivity index (χ0) is 18.8. The Kier molecular flexibility index (Phi) is 8.54. The van der Waals surface area contributed by atoms with Crippen LogP contribution in [0.2, 0.25) is 0 Å². The van der Waals surface area contributed by atoms with E-state index in [1.165, 1.54) is 0 Å². The lowest BCUT2D eigenvalue weighted by atomic mass is 10.1. The van der Waals surface area contributed by atoms with Crippen LogP contribution in [-0.4, -0.2) is 63.5 Å².